The molecule has 0 heterocycles. The molecule has 0 fully saturated rings. The van der Waals surface area contributed by atoms with Gasteiger partial charge in [0.15, 0.2) is 0 Å². The molecule has 0 radical (unpaired) electrons. The Balaban J connectivity index is 2.62. The van der Waals surface area contributed by atoms with Crippen LogP contribution < -0.4 is 15.4 Å². The summed E-state index contributed by atoms with van der Waals surface area (Å²) in [5.41, 5.74) is 2.26. The summed E-state index contributed by atoms with van der Waals surface area (Å²) < 4.78 is 5.29. The number of hydrogen-bond donors (Lipinski definition) is 2. The van der Waals surface area contributed by atoms with Crippen molar-refractivity contribution in [2.24, 2.45) is 0 Å². The molecule has 0 aliphatic rings. The number of likely N-dealkylation sites (N-methyl/N-ethyl adjacent to an activating group) is 1. The number of amides is 1. The van der Waals surface area contributed by atoms with Crippen molar-refractivity contribution >= 4 is 5.91 Å². The maximum absolute atomic E-state index is 11.5. The molecular weight excluding hydrogens is 228 g/mol. The van der Waals surface area contributed by atoms with Gasteiger partial charge in [0.2, 0.25) is 5.91 Å². The van der Waals surface area contributed by atoms with Crippen LogP contribution in [0.3, 0.4) is 0 Å². The van der Waals surface area contributed by atoms with E-state index < -0.39 is 0 Å². The molecule has 0 bridgehead atoms. The van der Waals surface area contributed by atoms with Crippen molar-refractivity contribution in [2.45, 2.75) is 26.8 Å². The van der Waals surface area contributed by atoms with E-state index in [9.17, 15) is 4.79 Å². The lowest BCUT2D eigenvalue weighted by atomic mass is 10.1. The Kier molecular flexibility index (Phi) is 6.22. The average molecular weight is 250 g/mol. The van der Waals surface area contributed by atoms with Crippen LogP contribution in [0.25, 0.3) is 0 Å². The quantitative estimate of drug-likeness (QED) is 0.770. The van der Waals surface area contributed by atoms with Gasteiger partial charge in [-0.25, -0.2) is 0 Å². The number of rotatable bonds is 7. The first-order chi connectivity index (χ1) is 8.71. The van der Waals surface area contributed by atoms with Crippen molar-refractivity contribution in [2.75, 3.05) is 20.2 Å². The summed E-state index contributed by atoms with van der Waals surface area (Å²) in [5, 5.41) is 5.87. The molecule has 0 aromatic heterocycles. The number of hydrogen-bond acceptors (Lipinski definition) is 3. The Morgan fingerprint density at radius 3 is 2.72 bits per heavy atom. The van der Waals surface area contributed by atoms with Gasteiger partial charge in [0.25, 0.3) is 0 Å². The Morgan fingerprint density at radius 2 is 2.11 bits per heavy atom. The predicted molar refractivity (Wildman–Crippen MR) is 72.8 cm³/mol. The van der Waals surface area contributed by atoms with Crippen LogP contribution >= 0.6 is 0 Å². The molecule has 4 heteroatoms. The van der Waals surface area contributed by atoms with Crippen molar-refractivity contribution in [1.29, 1.82) is 0 Å². The van der Waals surface area contributed by atoms with Gasteiger partial charge in [-0.15, -0.1) is 0 Å². The number of ether oxygens (including phenoxy) is 1. The Labute approximate surface area is 109 Å². The van der Waals surface area contributed by atoms with Crippen molar-refractivity contribution in [3.05, 3.63) is 29.3 Å². The van der Waals surface area contributed by atoms with E-state index in [1.807, 2.05) is 19.1 Å². The largest absolute Gasteiger partial charge is 0.496 e. The van der Waals surface area contributed by atoms with Crippen molar-refractivity contribution in [3.8, 4) is 5.75 Å². The highest BCUT2D eigenvalue weighted by atomic mass is 16.5. The zero-order valence-electron chi connectivity index (χ0n) is 11.4. The van der Waals surface area contributed by atoms with E-state index in [1.54, 1.807) is 7.11 Å². The maximum atomic E-state index is 11.5. The number of nitrogens with one attached hydrogen (secondary N) is 2. The van der Waals surface area contributed by atoms with E-state index in [0.29, 0.717) is 13.1 Å². The lowest BCUT2D eigenvalue weighted by Crippen LogP contribution is -2.33. The Bertz CT molecular complexity index is 391. The second kappa shape index (κ2) is 7.71. The number of carbonyl (C=O) groups excluding carboxylic acids is 1. The summed E-state index contributed by atoms with van der Waals surface area (Å²) >= 11 is 0. The lowest BCUT2D eigenvalue weighted by Gasteiger charge is -2.11. The summed E-state index contributed by atoms with van der Waals surface area (Å²) in [4.78, 5) is 11.5. The van der Waals surface area contributed by atoms with Gasteiger partial charge in [-0.05, 0) is 24.6 Å². The van der Waals surface area contributed by atoms with Crippen LogP contribution in [0.5, 0.6) is 5.75 Å². The van der Waals surface area contributed by atoms with E-state index in [1.165, 1.54) is 5.56 Å². The molecule has 0 unspecified atom stereocenters. The van der Waals surface area contributed by atoms with E-state index in [-0.39, 0.29) is 5.91 Å². The van der Waals surface area contributed by atoms with Crippen LogP contribution in [-0.2, 0) is 17.8 Å². The van der Waals surface area contributed by atoms with Gasteiger partial charge >= 0.3 is 0 Å². The number of carbonyl (C=O) groups is 1. The zero-order valence-corrected chi connectivity index (χ0v) is 11.4. The molecule has 1 aromatic rings. The van der Waals surface area contributed by atoms with Gasteiger partial charge in [0.05, 0.1) is 13.7 Å². The summed E-state index contributed by atoms with van der Waals surface area (Å²) in [6.07, 6.45) is 0.975. The molecule has 0 saturated carbocycles. The molecule has 1 amide bonds. The number of benzene rings is 1. The van der Waals surface area contributed by atoms with Crippen molar-refractivity contribution in [1.82, 2.24) is 10.6 Å². The monoisotopic (exact) mass is 250 g/mol. The standard InChI is InChI=1S/C14H22N2O2/c1-4-11-6-7-13(18-3)12(8-11)9-16-14(17)10-15-5-2/h6-8,15H,4-5,9-10H2,1-3H3,(H,16,17). The second-order valence-corrected chi connectivity index (χ2v) is 4.06. The minimum absolute atomic E-state index is 0.000745. The van der Waals surface area contributed by atoms with E-state index in [0.717, 1.165) is 24.3 Å². The molecule has 0 saturated heterocycles. The highest BCUT2D eigenvalue weighted by Crippen LogP contribution is 2.19. The molecule has 18 heavy (non-hydrogen) atoms. The van der Waals surface area contributed by atoms with E-state index >= 15 is 0 Å². The molecule has 1 rings (SSSR count). The predicted octanol–water partition coefficient (Wildman–Crippen LogP) is 1.48. The maximum Gasteiger partial charge on any atom is 0.234 e. The lowest BCUT2D eigenvalue weighted by molar-refractivity contribution is -0.120. The molecule has 0 aliphatic carbocycles. The summed E-state index contributed by atoms with van der Waals surface area (Å²) in [7, 11) is 1.64. The molecule has 2 N–H and O–H groups in total. The third-order valence-electron chi connectivity index (χ3n) is 2.76. The van der Waals surface area contributed by atoms with Crippen LogP contribution in [0.4, 0.5) is 0 Å². The van der Waals surface area contributed by atoms with Gasteiger partial charge in [-0.3, -0.25) is 4.79 Å². The van der Waals surface area contributed by atoms with Crippen molar-refractivity contribution < 1.29 is 9.53 Å². The normalized spacial score (nSPS) is 10.2. The Morgan fingerprint density at radius 1 is 1.33 bits per heavy atom. The first-order valence-corrected chi connectivity index (χ1v) is 6.34. The van der Waals surface area contributed by atoms with Gasteiger partial charge in [0, 0.05) is 12.1 Å². The van der Waals surface area contributed by atoms with Crippen LogP contribution in [0.2, 0.25) is 0 Å². The molecule has 0 atom stereocenters. The zero-order chi connectivity index (χ0) is 13.4. The van der Waals surface area contributed by atoms with Crippen LogP contribution in [0, 0.1) is 0 Å². The third-order valence-corrected chi connectivity index (χ3v) is 2.76. The van der Waals surface area contributed by atoms with Crippen molar-refractivity contribution in [3.63, 3.8) is 0 Å². The fraction of sp³-hybridized carbons (Fsp3) is 0.500. The summed E-state index contributed by atoms with van der Waals surface area (Å²) in [6, 6.07) is 6.07. The molecule has 4 nitrogen and oxygen atoms in total. The topological polar surface area (TPSA) is 50.4 Å². The average Bonchev–Trinajstić information content (AvgIpc) is 2.42. The number of methoxy groups -OCH3 is 1. The van der Waals surface area contributed by atoms with Gasteiger partial charge in [-0.2, -0.15) is 0 Å². The first-order valence-electron chi connectivity index (χ1n) is 6.34. The highest BCUT2D eigenvalue weighted by molar-refractivity contribution is 5.78. The fourth-order valence-electron chi connectivity index (χ4n) is 1.68. The minimum Gasteiger partial charge on any atom is -0.496 e. The van der Waals surface area contributed by atoms with Gasteiger partial charge in [0.1, 0.15) is 5.75 Å². The van der Waals surface area contributed by atoms with Crippen LogP contribution in [0.15, 0.2) is 18.2 Å². The minimum atomic E-state index is 0.000745. The summed E-state index contributed by atoms with van der Waals surface area (Å²) in [6.45, 7) is 5.73. The van der Waals surface area contributed by atoms with E-state index in [2.05, 4.69) is 23.6 Å². The summed E-state index contributed by atoms with van der Waals surface area (Å²) in [5.74, 6) is 0.816. The molecule has 0 spiro atoms. The third kappa shape index (κ3) is 4.37. The highest BCUT2D eigenvalue weighted by Gasteiger charge is 2.06. The molecule has 1 aromatic carbocycles. The second-order valence-electron chi connectivity index (χ2n) is 4.06. The van der Waals surface area contributed by atoms with Gasteiger partial charge < -0.3 is 15.4 Å². The first kappa shape index (κ1) is 14.5. The Hall–Kier alpha value is -1.55. The van der Waals surface area contributed by atoms with Gasteiger partial charge in [-0.1, -0.05) is 26.0 Å². The van der Waals surface area contributed by atoms with Crippen LogP contribution in [0.1, 0.15) is 25.0 Å². The number of aryl methyl sites for hydroxylation is 1. The van der Waals surface area contributed by atoms with Crippen LogP contribution in [-0.4, -0.2) is 26.1 Å². The molecular formula is C14H22N2O2. The fourth-order valence-corrected chi connectivity index (χ4v) is 1.68. The van der Waals surface area contributed by atoms with E-state index in [4.69, 9.17) is 4.74 Å². The molecule has 100 valence electrons. The molecule has 0 aliphatic heterocycles. The SMILES string of the molecule is CCNCC(=O)NCc1cc(CC)ccc1OC. The smallest absolute Gasteiger partial charge is 0.234 e.